The van der Waals surface area contributed by atoms with E-state index in [1.807, 2.05) is 36.4 Å². The molecule has 0 bridgehead atoms. The maximum atomic E-state index is 11.9. The fourth-order valence-corrected chi connectivity index (χ4v) is 2.75. The van der Waals surface area contributed by atoms with Gasteiger partial charge in [-0.1, -0.05) is 57.0 Å². The number of benzene rings is 1. The molecule has 102 valence electrons. The van der Waals surface area contributed by atoms with E-state index in [0.717, 1.165) is 12.0 Å². The lowest BCUT2D eigenvalue weighted by molar-refractivity contribution is -0.117. The first-order chi connectivity index (χ1) is 9.16. The highest BCUT2D eigenvalue weighted by Gasteiger charge is 2.27. The van der Waals surface area contributed by atoms with Gasteiger partial charge in [-0.05, 0) is 29.9 Å². The predicted octanol–water partition coefficient (Wildman–Crippen LogP) is 3.64. The first-order valence-corrected chi connectivity index (χ1v) is 7.20. The molecule has 0 aliphatic heterocycles. The minimum atomic E-state index is 0.0230. The molecule has 1 aromatic carbocycles. The van der Waals surface area contributed by atoms with E-state index in [1.165, 1.54) is 12.8 Å². The average Bonchev–Trinajstić information content (AvgIpc) is 2.43. The summed E-state index contributed by atoms with van der Waals surface area (Å²) in [7, 11) is 0. The highest BCUT2D eigenvalue weighted by atomic mass is 16.1. The molecule has 0 radical (unpaired) electrons. The normalized spacial score (nSPS) is 27.4. The summed E-state index contributed by atoms with van der Waals surface area (Å²) < 4.78 is 0. The molecule has 1 N–H and O–H groups in total. The molecule has 1 saturated carbocycles. The van der Waals surface area contributed by atoms with Crippen LogP contribution in [-0.4, -0.2) is 11.9 Å². The molecule has 1 aliphatic rings. The Balaban J connectivity index is 1.89. The van der Waals surface area contributed by atoms with Gasteiger partial charge in [-0.2, -0.15) is 0 Å². The molecule has 1 amide bonds. The summed E-state index contributed by atoms with van der Waals surface area (Å²) in [5, 5.41) is 3.14. The molecule has 3 atom stereocenters. The second-order valence-corrected chi connectivity index (χ2v) is 5.63. The van der Waals surface area contributed by atoms with Crippen LogP contribution in [0.1, 0.15) is 38.7 Å². The van der Waals surface area contributed by atoms with Gasteiger partial charge in [0.2, 0.25) is 5.91 Å². The second kappa shape index (κ2) is 6.55. The summed E-state index contributed by atoms with van der Waals surface area (Å²) in [6.07, 6.45) is 7.12. The minimum absolute atomic E-state index is 0.0230. The fourth-order valence-electron chi connectivity index (χ4n) is 2.75. The summed E-state index contributed by atoms with van der Waals surface area (Å²) >= 11 is 0. The number of nitrogens with one attached hydrogen (secondary N) is 1. The van der Waals surface area contributed by atoms with Gasteiger partial charge < -0.3 is 5.32 Å². The number of carbonyl (C=O) groups is 1. The van der Waals surface area contributed by atoms with E-state index < -0.39 is 0 Å². The summed E-state index contributed by atoms with van der Waals surface area (Å²) in [5.41, 5.74) is 1.06. The van der Waals surface area contributed by atoms with Crippen molar-refractivity contribution < 1.29 is 4.79 Å². The molecular formula is C17H23NO. The Hall–Kier alpha value is -1.57. The van der Waals surface area contributed by atoms with Gasteiger partial charge in [-0.3, -0.25) is 4.79 Å². The third-order valence-electron chi connectivity index (χ3n) is 4.26. The largest absolute Gasteiger partial charge is 0.350 e. The second-order valence-electron chi connectivity index (χ2n) is 5.63. The fraction of sp³-hybridized carbons (Fsp3) is 0.471. The number of hydrogen-bond donors (Lipinski definition) is 1. The van der Waals surface area contributed by atoms with Crippen molar-refractivity contribution in [2.45, 2.75) is 39.2 Å². The highest BCUT2D eigenvalue weighted by molar-refractivity contribution is 5.91. The zero-order chi connectivity index (χ0) is 13.7. The van der Waals surface area contributed by atoms with E-state index in [0.29, 0.717) is 17.9 Å². The third-order valence-corrected chi connectivity index (χ3v) is 4.26. The zero-order valence-electron chi connectivity index (χ0n) is 11.8. The number of amides is 1. The summed E-state index contributed by atoms with van der Waals surface area (Å²) in [4.78, 5) is 11.9. The van der Waals surface area contributed by atoms with Crippen molar-refractivity contribution in [1.29, 1.82) is 0 Å². The van der Waals surface area contributed by atoms with Crippen LogP contribution >= 0.6 is 0 Å². The van der Waals surface area contributed by atoms with E-state index in [1.54, 1.807) is 6.08 Å². The van der Waals surface area contributed by atoms with Gasteiger partial charge in [0.25, 0.3) is 0 Å². The lowest BCUT2D eigenvalue weighted by Gasteiger charge is -2.34. The van der Waals surface area contributed by atoms with Crippen molar-refractivity contribution in [2.24, 2.45) is 11.8 Å². The van der Waals surface area contributed by atoms with Crippen molar-refractivity contribution in [2.75, 3.05) is 0 Å². The first kappa shape index (κ1) is 13.9. The van der Waals surface area contributed by atoms with Crippen LogP contribution in [0.3, 0.4) is 0 Å². The summed E-state index contributed by atoms with van der Waals surface area (Å²) in [6, 6.07) is 10.2. The predicted molar refractivity (Wildman–Crippen MR) is 79.6 cm³/mol. The van der Waals surface area contributed by atoms with Crippen LogP contribution in [0.2, 0.25) is 0 Å². The van der Waals surface area contributed by atoms with E-state index in [9.17, 15) is 4.79 Å². The molecule has 0 saturated heterocycles. The van der Waals surface area contributed by atoms with Crippen molar-refractivity contribution in [1.82, 2.24) is 5.32 Å². The van der Waals surface area contributed by atoms with E-state index in [4.69, 9.17) is 0 Å². The van der Waals surface area contributed by atoms with Gasteiger partial charge in [0.1, 0.15) is 0 Å². The molecule has 0 heterocycles. The molecule has 2 rings (SSSR count). The molecular weight excluding hydrogens is 234 g/mol. The van der Waals surface area contributed by atoms with E-state index >= 15 is 0 Å². The lowest BCUT2D eigenvalue weighted by Crippen LogP contribution is -2.43. The van der Waals surface area contributed by atoms with Crippen LogP contribution in [0.15, 0.2) is 36.4 Å². The topological polar surface area (TPSA) is 29.1 Å². The molecule has 1 aliphatic carbocycles. The Labute approximate surface area is 115 Å². The standard InChI is InChI=1S/C17H23NO/c1-13-7-6-10-16(14(13)2)18-17(19)12-11-15-8-4-3-5-9-15/h3-5,8-9,11-14,16H,6-7,10H2,1-2H3,(H,18,19)/b12-11+/t13-,14+,16+/m1/s1. The molecule has 0 aromatic heterocycles. The van der Waals surface area contributed by atoms with Gasteiger partial charge >= 0.3 is 0 Å². The van der Waals surface area contributed by atoms with Gasteiger partial charge in [0.05, 0.1) is 0 Å². The molecule has 2 heteroatoms. The average molecular weight is 257 g/mol. The van der Waals surface area contributed by atoms with Gasteiger partial charge in [-0.25, -0.2) is 0 Å². The van der Waals surface area contributed by atoms with E-state index in [-0.39, 0.29) is 5.91 Å². The number of carbonyl (C=O) groups excluding carboxylic acids is 1. The Bertz CT molecular complexity index is 438. The van der Waals surface area contributed by atoms with Crippen molar-refractivity contribution in [3.05, 3.63) is 42.0 Å². The molecule has 2 nitrogen and oxygen atoms in total. The highest BCUT2D eigenvalue weighted by Crippen LogP contribution is 2.29. The van der Waals surface area contributed by atoms with E-state index in [2.05, 4.69) is 19.2 Å². The lowest BCUT2D eigenvalue weighted by atomic mass is 9.78. The Morgan fingerprint density at radius 2 is 1.95 bits per heavy atom. The van der Waals surface area contributed by atoms with Crippen molar-refractivity contribution in [3.8, 4) is 0 Å². The Kier molecular flexibility index (Phi) is 4.78. The molecule has 19 heavy (non-hydrogen) atoms. The molecule has 0 spiro atoms. The minimum Gasteiger partial charge on any atom is -0.350 e. The first-order valence-electron chi connectivity index (χ1n) is 7.20. The van der Waals surface area contributed by atoms with Crippen LogP contribution < -0.4 is 5.32 Å². The quantitative estimate of drug-likeness (QED) is 0.823. The van der Waals surface area contributed by atoms with Gasteiger partial charge in [-0.15, -0.1) is 0 Å². The Morgan fingerprint density at radius 3 is 2.68 bits per heavy atom. The van der Waals surface area contributed by atoms with Gasteiger partial charge in [0.15, 0.2) is 0 Å². The molecule has 1 fully saturated rings. The van der Waals surface area contributed by atoms with Gasteiger partial charge in [0, 0.05) is 12.1 Å². The Morgan fingerprint density at radius 1 is 1.21 bits per heavy atom. The maximum Gasteiger partial charge on any atom is 0.244 e. The summed E-state index contributed by atoms with van der Waals surface area (Å²) in [5.74, 6) is 1.30. The maximum absolute atomic E-state index is 11.9. The monoisotopic (exact) mass is 257 g/mol. The van der Waals surface area contributed by atoms with Crippen LogP contribution in [0.4, 0.5) is 0 Å². The van der Waals surface area contributed by atoms with Crippen molar-refractivity contribution in [3.63, 3.8) is 0 Å². The smallest absolute Gasteiger partial charge is 0.244 e. The third kappa shape index (κ3) is 3.95. The van der Waals surface area contributed by atoms with Crippen LogP contribution in [-0.2, 0) is 4.79 Å². The molecule has 0 unspecified atom stereocenters. The molecule has 1 aromatic rings. The van der Waals surface area contributed by atoms with Crippen LogP contribution in [0.25, 0.3) is 6.08 Å². The zero-order valence-corrected chi connectivity index (χ0v) is 11.8. The number of hydrogen-bond acceptors (Lipinski definition) is 1. The van der Waals surface area contributed by atoms with Crippen LogP contribution in [0.5, 0.6) is 0 Å². The number of rotatable bonds is 3. The summed E-state index contributed by atoms with van der Waals surface area (Å²) in [6.45, 7) is 4.53. The SMILES string of the molecule is C[C@H]1[C@H](C)CCC[C@@H]1NC(=O)/C=C/c1ccccc1. The van der Waals surface area contributed by atoms with Crippen molar-refractivity contribution >= 4 is 12.0 Å². The van der Waals surface area contributed by atoms with Crippen LogP contribution in [0, 0.1) is 11.8 Å².